The summed E-state index contributed by atoms with van der Waals surface area (Å²) < 4.78 is 13.5. The van der Waals surface area contributed by atoms with Crippen LogP contribution in [0, 0.1) is 5.92 Å². The molecule has 1 nitrogen and oxygen atoms in total. The van der Waals surface area contributed by atoms with Gasteiger partial charge in [-0.1, -0.05) is 25.7 Å². The lowest BCUT2D eigenvalue weighted by Gasteiger charge is -2.18. The van der Waals surface area contributed by atoms with E-state index in [-0.39, 0.29) is 0 Å². The normalized spacial score (nSPS) is 30.5. The summed E-state index contributed by atoms with van der Waals surface area (Å²) in [4.78, 5) is 0. The Kier molecular flexibility index (Phi) is 2.11. The molecule has 0 bridgehead atoms. The van der Waals surface area contributed by atoms with Gasteiger partial charge in [-0.05, 0) is 25.2 Å². The Labute approximate surface area is 73.5 Å². The number of alkyl halides is 1. The van der Waals surface area contributed by atoms with Gasteiger partial charge in [0.2, 0.25) is 0 Å². The second kappa shape index (κ2) is 2.99. The van der Waals surface area contributed by atoms with Gasteiger partial charge in [-0.3, -0.25) is 0 Å². The van der Waals surface area contributed by atoms with E-state index in [4.69, 9.17) is 5.73 Å². The average molecular weight is 171 g/mol. The van der Waals surface area contributed by atoms with Crippen LogP contribution in [0.2, 0.25) is 0 Å². The molecule has 0 aliphatic heterocycles. The minimum Gasteiger partial charge on any atom is -0.323 e. The quantitative estimate of drug-likeness (QED) is 0.693. The lowest BCUT2D eigenvalue weighted by molar-refractivity contribution is 0.218. The molecule has 2 aliphatic carbocycles. The molecule has 0 aromatic rings. The third kappa shape index (κ3) is 1.63. The topological polar surface area (TPSA) is 26.0 Å². The Balaban J connectivity index is 1.78. The Morgan fingerprint density at radius 3 is 2.42 bits per heavy atom. The van der Waals surface area contributed by atoms with Crippen LogP contribution >= 0.6 is 0 Å². The van der Waals surface area contributed by atoms with Gasteiger partial charge in [0.05, 0.1) is 0 Å². The maximum absolute atomic E-state index is 13.5. The molecule has 70 valence electrons. The summed E-state index contributed by atoms with van der Waals surface area (Å²) in [6.07, 6.45) is 6.88. The fourth-order valence-corrected chi connectivity index (χ4v) is 2.23. The summed E-state index contributed by atoms with van der Waals surface area (Å²) >= 11 is 0. The fourth-order valence-electron chi connectivity index (χ4n) is 2.23. The number of nitrogens with two attached hydrogens (primary N) is 1. The molecule has 0 aromatic heterocycles. The van der Waals surface area contributed by atoms with Gasteiger partial charge in [0.15, 0.2) is 0 Å². The highest BCUT2D eigenvalue weighted by Crippen LogP contribution is 2.42. The van der Waals surface area contributed by atoms with Crippen molar-refractivity contribution >= 4 is 0 Å². The second-order valence-corrected chi connectivity index (χ2v) is 4.59. The molecule has 0 heterocycles. The lowest BCUT2D eigenvalue weighted by atomic mass is 9.96. The van der Waals surface area contributed by atoms with Gasteiger partial charge in [-0.15, -0.1) is 0 Å². The summed E-state index contributed by atoms with van der Waals surface area (Å²) in [5, 5.41) is 0. The molecule has 1 atom stereocenters. The molecule has 2 N–H and O–H groups in total. The van der Waals surface area contributed by atoms with E-state index in [1.165, 1.54) is 25.7 Å². The summed E-state index contributed by atoms with van der Waals surface area (Å²) in [5.41, 5.74) is 5.39. The van der Waals surface area contributed by atoms with Gasteiger partial charge in [0.25, 0.3) is 0 Å². The number of hydrogen-bond acceptors (Lipinski definition) is 1. The van der Waals surface area contributed by atoms with Gasteiger partial charge >= 0.3 is 0 Å². The van der Waals surface area contributed by atoms with Crippen LogP contribution in [0.25, 0.3) is 0 Å². The minimum absolute atomic E-state index is 0.400. The first-order valence-electron chi connectivity index (χ1n) is 5.14. The Hall–Kier alpha value is -0.110. The summed E-state index contributed by atoms with van der Waals surface area (Å²) in [7, 11) is 0. The lowest BCUT2D eigenvalue weighted by Crippen LogP contribution is -2.35. The van der Waals surface area contributed by atoms with Crippen LogP contribution < -0.4 is 5.73 Å². The highest BCUT2D eigenvalue weighted by atomic mass is 19.1. The molecule has 2 saturated carbocycles. The van der Waals surface area contributed by atoms with E-state index in [9.17, 15) is 4.39 Å². The number of halogens is 1. The Morgan fingerprint density at radius 2 is 1.92 bits per heavy atom. The van der Waals surface area contributed by atoms with Crippen LogP contribution in [0.15, 0.2) is 0 Å². The molecule has 2 fully saturated rings. The Morgan fingerprint density at radius 1 is 1.33 bits per heavy atom. The van der Waals surface area contributed by atoms with E-state index < -0.39 is 11.7 Å². The molecule has 0 spiro atoms. The maximum atomic E-state index is 13.5. The van der Waals surface area contributed by atoms with Gasteiger partial charge < -0.3 is 5.73 Å². The molecule has 0 saturated heterocycles. The SMILES string of the molecule is NC1(C(F)CC2CCCC2)CC1. The first kappa shape index (κ1) is 8.49. The molecular formula is C10H18FN. The van der Waals surface area contributed by atoms with Crippen molar-refractivity contribution in [2.75, 3.05) is 0 Å². The van der Waals surface area contributed by atoms with Crippen molar-refractivity contribution in [3.05, 3.63) is 0 Å². The molecule has 0 aromatic carbocycles. The molecule has 1 unspecified atom stereocenters. The maximum Gasteiger partial charge on any atom is 0.118 e. The summed E-state index contributed by atoms with van der Waals surface area (Å²) in [5.74, 6) is 0.640. The molecular weight excluding hydrogens is 153 g/mol. The zero-order chi connectivity index (χ0) is 8.60. The second-order valence-electron chi connectivity index (χ2n) is 4.59. The Bertz CT molecular complexity index is 159. The summed E-state index contributed by atoms with van der Waals surface area (Å²) in [6, 6.07) is 0. The van der Waals surface area contributed by atoms with E-state index in [1.54, 1.807) is 0 Å². The van der Waals surface area contributed by atoms with E-state index >= 15 is 0 Å². The minimum atomic E-state index is -0.722. The van der Waals surface area contributed by atoms with Crippen molar-refractivity contribution in [3.8, 4) is 0 Å². The van der Waals surface area contributed by atoms with Gasteiger partial charge in [0.1, 0.15) is 6.17 Å². The van der Waals surface area contributed by atoms with E-state index in [1.807, 2.05) is 0 Å². The third-order valence-corrected chi connectivity index (χ3v) is 3.47. The van der Waals surface area contributed by atoms with Gasteiger partial charge in [-0.25, -0.2) is 4.39 Å². The predicted molar refractivity (Wildman–Crippen MR) is 47.6 cm³/mol. The third-order valence-electron chi connectivity index (χ3n) is 3.47. The van der Waals surface area contributed by atoms with Crippen molar-refractivity contribution in [1.29, 1.82) is 0 Å². The molecule has 12 heavy (non-hydrogen) atoms. The monoisotopic (exact) mass is 171 g/mol. The smallest absolute Gasteiger partial charge is 0.118 e. The van der Waals surface area contributed by atoms with Crippen molar-refractivity contribution in [1.82, 2.24) is 0 Å². The van der Waals surface area contributed by atoms with Crippen molar-refractivity contribution < 1.29 is 4.39 Å². The largest absolute Gasteiger partial charge is 0.323 e. The van der Waals surface area contributed by atoms with E-state index in [0.29, 0.717) is 5.92 Å². The molecule has 2 heteroatoms. The highest BCUT2D eigenvalue weighted by Gasteiger charge is 2.46. The van der Waals surface area contributed by atoms with Crippen molar-refractivity contribution in [3.63, 3.8) is 0 Å². The summed E-state index contributed by atoms with van der Waals surface area (Å²) in [6.45, 7) is 0. The van der Waals surface area contributed by atoms with Crippen molar-refractivity contribution in [2.24, 2.45) is 11.7 Å². The van der Waals surface area contributed by atoms with E-state index in [2.05, 4.69) is 0 Å². The molecule has 0 radical (unpaired) electrons. The molecule has 2 rings (SSSR count). The zero-order valence-electron chi connectivity index (χ0n) is 7.56. The predicted octanol–water partition coefficient (Wildman–Crippen LogP) is 2.40. The number of rotatable bonds is 3. The highest BCUT2D eigenvalue weighted by molar-refractivity contribution is 5.05. The van der Waals surface area contributed by atoms with Crippen LogP contribution in [0.4, 0.5) is 4.39 Å². The first-order valence-corrected chi connectivity index (χ1v) is 5.14. The van der Waals surface area contributed by atoms with Gasteiger partial charge in [-0.2, -0.15) is 0 Å². The van der Waals surface area contributed by atoms with Crippen LogP contribution in [0.3, 0.4) is 0 Å². The first-order chi connectivity index (χ1) is 5.71. The van der Waals surface area contributed by atoms with Gasteiger partial charge in [0, 0.05) is 5.54 Å². The van der Waals surface area contributed by atoms with Crippen LogP contribution in [0.1, 0.15) is 44.9 Å². The van der Waals surface area contributed by atoms with Crippen LogP contribution in [-0.4, -0.2) is 11.7 Å². The molecule has 0 amide bonds. The van der Waals surface area contributed by atoms with E-state index in [0.717, 1.165) is 19.3 Å². The zero-order valence-corrected chi connectivity index (χ0v) is 7.56. The van der Waals surface area contributed by atoms with Crippen molar-refractivity contribution in [2.45, 2.75) is 56.7 Å². The number of hydrogen-bond donors (Lipinski definition) is 1. The average Bonchev–Trinajstić information content (AvgIpc) is 2.63. The van der Waals surface area contributed by atoms with Crippen LogP contribution in [0.5, 0.6) is 0 Å². The van der Waals surface area contributed by atoms with Crippen LogP contribution in [-0.2, 0) is 0 Å². The fraction of sp³-hybridized carbons (Fsp3) is 1.00. The molecule has 2 aliphatic rings. The standard InChI is InChI=1S/C10H18FN/c11-9(10(12)5-6-10)7-8-3-1-2-4-8/h8-9H,1-7,12H2.